The molecule has 0 spiro atoms. The number of aliphatic hydroxyl groups excluding tert-OH is 1. The summed E-state index contributed by atoms with van der Waals surface area (Å²) in [5.74, 6) is -0.610. The van der Waals surface area contributed by atoms with Gasteiger partial charge in [-0.25, -0.2) is 8.78 Å². The Kier molecular flexibility index (Phi) is 9.48. The van der Waals surface area contributed by atoms with Crippen LogP contribution in [0.1, 0.15) is 73.6 Å². The minimum absolute atomic E-state index is 0.0536. The lowest BCUT2D eigenvalue weighted by Crippen LogP contribution is -2.46. The third-order valence-electron chi connectivity index (χ3n) is 5.74. The number of benzene rings is 1. The average Bonchev–Trinajstić information content (AvgIpc) is 3.24. The number of hydrogen-bond donors (Lipinski definition) is 2. The fourth-order valence-electron chi connectivity index (χ4n) is 4.09. The molecule has 5 heteroatoms. The Hall–Kier alpha value is -1.74. The second-order valence-corrected chi connectivity index (χ2v) is 9.47. The molecule has 1 aromatic carbocycles. The first-order chi connectivity index (χ1) is 14.4. The van der Waals surface area contributed by atoms with Crippen LogP contribution in [0.15, 0.2) is 30.3 Å². The molecule has 0 saturated heterocycles. The standard InChI is InChI=1S/C23H31F2NOS.C2H2/c1-16(2)21-8-9-22(28-21)23(10-4-3-5-11-23)26-15-20(27)7-6-17-12-18(24)14-19(25)13-17;1-2/h8-9,12-14,16,20,26-27H,3-7,10-11,15H2,1-2H3;1-2H. The summed E-state index contributed by atoms with van der Waals surface area (Å²) in [6.07, 6.45) is 14.2. The monoisotopic (exact) mass is 433 g/mol. The molecule has 1 atom stereocenters. The van der Waals surface area contributed by atoms with Crippen LogP contribution in [-0.4, -0.2) is 17.8 Å². The minimum atomic E-state index is -0.567. The second-order valence-electron chi connectivity index (χ2n) is 8.35. The Morgan fingerprint density at radius 2 is 1.70 bits per heavy atom. The van der Waals surface area contributed by atoms with Crippen molar-refractivity contribution < 1.29 is 13.9 Å². The van der Waals surface area contributed by atoms with Crippen molar-refractivity contribution >= 4 is 11.3 Å². The van der Waals surface area contributed by atoms with Gasteiger partial charge in [0.2, 0.25) is 0 Å². The van der Waals surface area contributed by atoms with E-state index in [-0.39, 0.29) is 5.54 Å². The van der Waals surface area contributed by atoms with Gasteiger partial charge in [0, 0.05) is 22.4 Å². The van der Waals surface area contributed by atoms with E-state index in [1.165, 1.54) is 41.1 Å². The maximum absolute atomic E-state index is 13.3. The van der Waals surface area contributed by atoms with Crippen LogP contribution in [0.4, 0.5) is 8.78 Å². The van der Waals surface area contributed by atoms with Gasteiger partial charge in [-0.1, -0.05) is 33.1 Å². The molecular formula is C25H33F2NOS. The summed E-state index contributed by atoms with van der Waals surface area (Å²) in [6, 6.07) is 8.04. The van der Waals surface area contributed by atoms with Crippen LogP contribution in [0, 0.1) is 24.5 Å². The summed E-state index contributed by atoms with van der Waals surface area (Å²) >= 11 is 1.88. The molecule has 1 saturated carbocycles. The number of aliphatic hydroxyl groups is 1. The van der Waals surface area contributed by atoms with Crippen molar-refractivity contribution in [2.24, 2.45) is 0 Å². The summed E-state index contributed by atoms with van der Waals surface area (Å²) in [4.78, 5) is 2.77. The number of aryl methyl sites for hydroxylation is 1. The lowest BCUT2D eigenvalue weighted by Gasteiger charge is -2.38. The predicted molar refractivity (Wildman–Crippen MR) is 122 cm³/mol. The van der Waals surface area contributed by atoms with E-state index in [4.69, 9.17) is 0 Å². The van der Waals surface area contributed by atoms with Gasteiger partial charge in [-0.3, -0.25) is 0 Å². The summed E-state index contributed by atoms with van der Waals surface area (Å²) < 4.78 is 26.7. The van der Waals surface area contributed by atoms with Crippen molar-refractivity contribution in [3.8, 4) is 12.8 Å². The van der Waals surface area contributed by atoms with E-state index >= 15 is 0 Å². The molecule has 0 aliphatic heterocycles. The van der Waals surface area contributed by atoms with Gasteiger partial charge in [-0.05, 0) is 61.4 Å². The topological polar surface area (TPSA) is 32.3 Å². The molecule has 1 fully saturated rings. The molecule has 0 radical (unpaired) electrons. The molecule has 0 amide bonds. The molecule has 2 N–H and O–H groups in total. The van der Waals surface area contributed by atoms with Gasteiger partial charge in [-0.15, -0.1) is 24.2 Å². The van der Waals surface area contributed by atoms with Crippen LogP contribution in [-0.2, 0) is 12.0 Å². The van der Waals surface area contributed by atoms with Crippen molar-refractivity contribution in [1.29, 1.82) is 0 Å². The lowest BCUT2D eigenvalue weighted by atomic mass is 9.80. The van der Waals surface area contributed by atoms with Gasteiger partial charge in [0.15, 0.2) is 0 Å². The molecule has 164 valence electrons. The zero-order valence-corrected chi connectivity index (χ0v) is 18.8. The van der Waals surface area contributed by atoms with Gasteiger partial charge in [0.1, 0.15) is 11.6 Å². The Morgan fingerprint density at radius 1 is 1.07 bits per heavy atom. The average molecular weight is 434 g/mol. The number of rotatable bonds is 8. The molecular weight excluding hydrogens is 400 g/mol. The Morgan fingerprint density at radius 3 is 2.27 bits per heavy atom. The van der Waals surface area contributed by atoms with Crippen LogP contribution >= 0.6 is 11.3 Å². The van der Waals surface area contributed by atoms with E-state index in [1.54, 1.807) is 0 Å². The second kappa shape index (κ2) is 11.6. The largest absolute Gasteiger partial charge is 0.392 e. The van der Waals surface area contributed by atoms with Crippen LogP contribution in [0.2, 0.25) is 0 Å². The lowest BCUT2D eigenvalue weighted by molar-refractivity contribution is 0.133. The fourth-order valence-corrected chi connectivity index (χ4v) is 5.32. The van der Waals surface area contributed by atoms with Crippen molar-refractivity contribution in [2.75, 3.05) is 6.54 Å². The smallest absolute Gasteiger partial charge is 0.126 e. The zero-order chi connectivity index (χ0) is 22.1. The zero-order valence-electron chi connectivity index (χ0n) is 18.0. The molecule has 1 unspecified atom stereocenters. The highest BCUT2D eigenvalue weighted by Gasteiger charge is 2.35. The minimum Gasteiger partial charge on any atom is -0.392 e. The highest BCUT2D eigenvalue weighted by Crippen LogP contribution is 2.41. The number of hydrogen-bond acceptors (Lipinski definition) is 3. The molecule has 1 heterocycles. The number of nitrogens with one attached hydrogen (secondary N) is 1. The first-order valence-corrected chi connectivity index (χ1v) is 11.5. The fraction of sp³-hybridized carbons (Fsp3) is 0.520. The van der Waals surface area contributed by atoms with Crippen molar-refractivity contribution in [1.82, 2.24) is 5.32 Å². The van der Waals surface area contributed by atoms with Crippen molar-refractivity contribution in [3.63, 3.8) is 0 Å². The Balaban J connectivity index is 0.00000155. The third-order valence-corrected chi connectivity index (χ3v) is 7.33. The molecule has 1 aliphatic rings. The van der Waals surface area contributed by atoms with E-state index in [9.17, 15) is 13.9 Å². The van der Waals surface area contributed by atoms with E-state index in [1.807, 2.05) is 11.3 Å². The van der Waals surface area contributed by atoms with Crippen LogP contribution < -0.4 is 5.32 Å². The molecule has 1 aromatic heterocycles. The molecule has 2 aromatic rings. The van der Waals surface area contributed by atoms with Gasteiger partial charge < -0.3 is 10.4 Å². The first kappa shape index (κ1) is 24.5. The maximum atomic E-state index is 13.3. The third kappa shape index (κ3) is 6.63. The van der Waals surface area contributed by atoms with E-state index in [0.717, 1.165) is 18.9 Å². The summed E-state index contributed by atoms with van der Waals surface area (Å²) in [6.45, 7) is 4.93. The highest BCUT2D eigenvalue weighted by molar-refractivity contribution is 7.12. The first-order valence-electron chi connectivity index (χ1n) is 10.7. The normalized spacial score (nSPS) is 16.7. The molecule has 1 aliphatic carbocycles. The molecule has 0 bridgehead atoms. The predicted octanol–water partition coefficient (Wildman–Crippen LogP) is 6.14. The van der Waals surface area contributed by atoms with Crippen LogP contribution in [0.3, 0.4) is 0 Å². The molecule has 30 heavy (non-hydrogen) atoms. The number of terminal acetylenes is 1. The van der Waals surface area contributed by atoms with Gasteiger partial charge in [-0.2, -0.15) is 0 Å². The quantitative estimate of drug-likeness (QED) is 0.490. The summed E-state index contributed by atoms with van der Waals surface area (Å²) in [5, 5.41) is 14.2. The SMILES string of the molecule is C#C.CC(C)c1ccc(C2(NCC(O)CCc3cc(F)cc(F)c3)CCCCC2)s1. The molecule has 3 rings (SSSR count). The van der Waals surface area contributed by atoms with Crippen LogP contribution in [0.25, 0.3) is 0 Å². The van der Waals surface area contributed by atoms with E-state index in [2.05, 4.69) is 44.1 Å². The summed E-state index contributed by atoms with van der Waals surface area (Å²) in [5.41, 5.74) is 0.533. The van der Waals surface area contributed by atoms with Crippen molar-refractivity contribution in [3.05, 3.63) is 57.3 Å². The van der Waals surface area contributed by atoms with Gasteiger partial charge in [0.05, 0.1) is 11.6 Å². The highest BCUT2D eigenvalue weighted by atomic mass is 32.1. The summed E-state index contributed by atoms with van der Waals surface area (Å²) in [7, 11) is 0. The van der Waals surface area contributed by atoms with Crippen LogP contribution in [0.5, 0.6) is 0 Å². The van der Waals surface area contributed by atoms with E-state index < -0.39 is 17.7 Å². The Bertz CT molecular complexity index is 788. The number of halogens is 2. The van der Waals surface area contributed by atoms with E-state index in [0.29, 0.717) is 30.9 Å². The van der Waals surface area contributed by atoms with Gasteiger partial charge in [0.25, 0.3) is 0 Å². The molecule has 2 nitrogen and oxygen atoms in total. The Labute approximate surface area is 183 Å². The maximum Gasteiger partial charge on any atom is 0.126 e. The van der Waals surface area contributed by atoms with Gasteiger partial charge >= 0.3 is 0 Å². The van der Waals surface area contributed by atoms with Crippen molar-refractivity contribution in [2.45, 2.75) is 76.4 Å². The number of thiophene rings is 1.